The van der Waals surface area contributed by atoms with E-state index in [1.165, 1.54) is 7.11 Å². The zero-order valence-electron chi connectivity index (χ0n) is 12.0. The molecule has 0 saturated carbocycles. The van der Waals surface area contributed by atoms with Crippen LogP contribution in [0.3, 0.4) is 0 Å². The standard InChI is InChI=1S/C10H14N3O2.F6P/c1-13(2)8-6-9(14-3)7(12-11)5-10(8)15-4;1-7(2,3,4,5)6/h5-6H,1-4H3;/q+1;-1. The van der Waals surface area contributed by atoms with Crippen molar-refractivity contribution >= 4 is 19.2 Å². The molecule has 1 aromatic carbocycles. The average Bonchev–Trinajstić information content (AvgIpc) is 2.32. The molecular weight excluding hydrogens is 339 g/mol. The first-order valence-electron chi connectivity index (χ1n) is 5.44. The number of diazo groups is 1. The Bertz CT molecular complexity index is 571. The van der Waals surface area contributed by atoms with E-state index < -0.39 is 7.81 Å². The molecule has 0 spiro atoms. The van der Waals surface area contributed by atoms with Gasteiger partial charge in [0.25, 0.3) is 0 Å². The maximum atomic E-state index is 9.87. The predicted octanol–water partition coefficient (Wildman–Crippen LogP) is 5.64. The van der Waals surface area contributed by atoms with Crippen LogP contribution in [-0.2, 0) is 0 Å². The Hall–Kier alpha value is -1.95. The number of ether oxygens (including phenoxy) is 2. The van der Waals surface area contributed by atoms with Crippen LogP contribution in [0.25, 0.3) is 4.98 Å². The van der Waals surface area contributed by atoms with Crippen molar-refractivity contribution in [2.75, 3.05) is 33.2 Å². The molecule has 0 N–H and O–H groups in total. The number of rotatable bonds is 3. The van der Waals surface area contributed by atoms with Gasteiger partial charge in [0.2, 0.25) is 11.1 Å². The van der Waals surface area contributed by atoms with Crippen LogP contribution < -0.4 is 14.4 Å². The molecule has 0 fully saturated rings. The molecule has 0 bridgehead atoms. The molecule has 0 aliphatic rings. The summed E-state index contributed by atoms with van der Waals surface area (Å²) in [6.07, 6.45) is 0. The van der Waals surface area contributed by atoms with E-state index in [1.54, 1.807) is 19.2 Å². The molecular formula is C10H14F6N3O2P. The van der Waals surface area contributed by atoms with Crippen LogP contribution in [0.2, 0.25) is 0 Å². The van der Waals surface area contributed by atoms with Gasteiger partial charge in [0.05, 0.1) is 26.0 Å². The van der Waals surface area contributed by atoms with Gasteiger partial charge in [0.15, 0.2) is 10.7 Å². The van der Waals surface area contributed by atoms with Crippen LogP contribution >= 0.6 is 7.81 Å². The van der Waals surface area contributed by atoms with Gasteiger partial charge in [-0.1, -0.05) is 0 Å². The Morgan fingerprint density at radius 3 is 1.64 bits per heavy atom. The molecule has 0 aromatic heterocycles. The van der Waals surface area contributed by atoms with Gasteiger partial charge in [0.1, 0.15) is 0 Å². The molecule has 12 heteroatoms. The van der Waals surface area contributed by atoms with E-state index in [0.717, 1.165) is 5.69 Å². The number of methoxy groups -OCH3 is 2. The van der Waals surface area contributed by atoms with E-state index in [2.05, 4.69) is 4.98 Å². The quantitative estimate of drug-likeness (QED) is 0.401. The summed E-state index contributed by atoms with van der Waals surface area (Å²) in [6, 6.07) is 3.38. The predicted molar refractivity (Wildman–Crippen MR) is 72.2 cm³/mol. The third-order valence-electron chi connectivity index (χ3n) is 2.07. The van der Waals surface area contributed by atoms with Crippen LogP contribution in [0.5, 0.6) is 11.5 Å². The summed E-state index contributed by atoms with van der Waals surface area (Å²) in [4.78, 5) is 5.02. The van der Waals surface area contributed by atoms with E-state index in [-0.39, 0.29) is 0 Å². The summed E-state index contributed by atoms with van der Waals surface area (Å²) in [6.45, 7) is 0. The van der Waals surface area contributed by atoms with Gasteiger partial charge < -0.3 is 14.4 Å². The third-order valence-corrected chi connectivity index (χ3v) is 2.07. The summed E-state index contributed by atoms with van der Waals surface area (Å²) < 4.78 is 69.5. The van der Waals surface area contributed by atoms with E-state index in [4.69, 9.17) is 14.9 Å². The van der Waals surface area contributed by atoms with Crippen LogP contribution in [0.15, 0.2) is 12.1 Å². The van der Waals surface area contributed by atoms with Gasteiger partial charge in [-0.3, -0.25) is 0 Å². The summed E-state index contributed by atoms with van der Waals surface area (Å²) in [5, 5.41) is 8.77. The Kier molecular flexibility index (Phi) is 5.18. The number of hydrogen-bond acceptors (Lipinski definition) is 4. The summed E-state index contributed by atoms with van der Waals surface area (Å²) in [5.41, 5.74) is 1.21. The fourth-order valence-corrected chi connectivity index (χ4v) is 1.29. The summed E-state index contributed by atoms with van der Waals surface area (Å²) in [7, 11) is -3.78. The fourth-order valence-electron chi connectivity index (χ4n) is 1.29. The second kappa shape index (κ2) is 5.68. The Morgan fingerprint density at radius 2 is 1.36 bits per heavy atom. The minimum atomic E-state index is -10.7. The van der Waals surface area contributed by atoms with Crippen molar-refractivity contribution in [3.8, 4) is 11.5 Å². The summed E-state index contributed by atoms with van der Waals surface area (Å²) >= 11 is 0. The number of nitrogens with zero attached hydrogens (tertiary/aromatic N) is 3. The molecule has 0 aliphatic heterocycles. The van der Waals surface area contributed by atoms with Crippen LogP contribution in [0, 0.1) is 5.39 Å². The number of hydrogen-bond donors (Lipinski definition) is 0. The molecule has 0 atom stereocenters. The molecule has 0 saturated heterocycles. The molecule has 22 heavy (non-hydrogen) atoms. The van der Waals surface area contributed by atoms with Gasteiger partial charge in [-0.25, -0.2) is 0 Å². The third kappa shape index (κ3) is 9.07. The van der Waals surface area contributed by atoms with Gasteiger partial charge in [-0.2, -0.15) is 0 Å². The van der Waals surface area contributed by atoms with Crippen LogP contribution in [0.4, 0.5) is 36.6 Å². The Labute approximate surface area is 122 Å². The van der Waals surface area contributed by atoms with Gasteiger partial charge in [-0.05, 0) is 0 Å². The summed E-state index contributed by atoms with van der Waals surface area (Å²) in [5.74, 6) is 1.13. The van der Waals surface area contributed by atoms with Crippen molar-refractivity contribution in [3.63, 3.8) is 0 Å². The van der Waals surface area contributed by atoms with Crippen LogP contribution in [0.1, 0.15) is 0 Å². The monoisotopic (exact) mass is 353 g/mol. The minimum absolute atomic E-state index is 0.347. The van der Waals surface area contributed by atoms with Crippen molar-refractivity contribution in [2.24, 2.45) is 0 Å². The first-order valence-corrected chi connectivity index (χ1v) is 7.46. The van der Waals surface area contributed by atoms with Gasteiger partial charge in [0, 0.05) is 20.2 Å². The van der Waals surface area contributed by atoms with E-state index in [1.807, 2.05) is 19.0 Å². The number of halogens is 6. The molecule has 0 amide bonds. The number of anilines is 1. The fraction of sp³-hybridized carbons (Fsp3) is 0.400. The number of benzene rings is 1. The zero-order chi connectivity index (χ0) is 17.8. The first-order chi connectivity index (χ1) is 9.58. The topological polar surface area (TPSA) is 49.9 Å². The van der Waals surface area contributed by atoms with Gasteiger partial charge in [-0.15, -0.1) is 0 Å². The molecule has 1 rings (SSSR count). The maximum absolute atomic E-state index is 10.7. The van der Waals surface area contributed by atoms with Crippen LogP contribution in [-0.4, -0.2) is 28.3 Å². The second-order valence-corrected chi connectivity index (χ2v) is 6.07. The Morgan fingerprint density at radius 1 is 0.955 bits per heavy atom. The SMILES string of the molecule is COc1cc(N(C)C)c(OC)cc1[N+]#N.F[P-](F)(F)(F)(F)F. The van der Waals surface area contributed by atoms with Crippen molar-refractivity contribution < 1.29 is 34.7 Å². The van der Waals surface area contributed by atoms with E-state index in [0.29, 0.717) is 17.2 Å². The molecule has 0 aliphatic carbocycles. The molecule has 0 unspecified atom stereocenters. The molecule has 0 heterocycles. The molecule has 128 valence electrons. The average molecular weight is 353 g/mol. The normalized spacial score (nSPS) is 13.7. The second-order valence-electron chi connectivity index (χ2n) is 4.15. The van der Waals surface area contributed by atoms with Crippen molar-refractivity contribution in [2.45, 2.75) is 0 Å². The first kappa shape index (κ1) is 20.1. The van der Waals surface area contributed by atoms with Crippen molar-refractivity contribution in [1.29, 1.82) is 5.39 Å². The molecule has 1 aromatic rings. The van der Waals surface area contributed by atoms with E-state index in [9.17, 15) is 25.2 Å². The molecule has 0 radical (unpaired) electrons. The zero-order valence-corrected chi connectivity index (χ0v) is 12.9. The van der Waals surface area contributed by atoms with Crippen molar-refractivity contribution in [3.05, 3.63) is 17.1 Å². The Balaban J connectivity index is 0.000000534. The van der Waals surface area contributed by atoms with Crippen molar-refractivity contribution in [1.82, 2.24) is 0 Å². The van der Waals surface area contributed by atoms with Gasteiger partial charge >= 0.3 is 38.7 Å². The molecule has 5 nitrogen and oxygen atoms in total. The van der Waals surface area contributed by atoms with E-state index >= 15 is 0 Å².